The number of rotatable bonds is 3. The zero-order chi connectivity index (χ0) is 15.0. The monoisotopic (exact) mass is 291 g/mol. The Morgan fingerprint density at radius 1 is 1.52 bits per heavy atom. The third-order valence-electron chi connectivity index (χ3n) is 4.25. The van der Waals surface area contributed by atoms with Gasteiger partial charge in [-0.2, -0.15) is 0 Å². The van der Waals surface area contributed by atoms with Gasteiger partial charge in [0.25, 0.3) is 0 Å². The maximum absolute atomic E-state index is 11.8. The van der Waals surface area contributed by atoms with E-state index in [0.29, 0.717) is 19.5 Å². The van der Waals surface area contributed by atoms with E-state index in [1.54, 1.807) is 0 Å². The van der Waals surface area contributed by atoms with Gasteiger partial charge < -0.3 is 14.6 Å². The number of aliphatic hydroxyl groups excluding tert-OH is 1. The van der Waals surface area contributed by atoms with Crippen molar-refractivity contribution in [3.05, 3.63) is 29.3 Å². The number of ether oxygens (including phenoxy) is 2. The predicted molar refractivity (Wildman–Crippen MR) is 77.3 cm³/mol. The molecule has 21 heavy (non-hydrogen) atoms. The van der Waals surface area contributed by atoms with Crippen LogP contribution in [0.2, 0.25) is 0 Å². The van der Waals surface area contributed by atoms with E-state index in [-0.39, 0.29) is 18.1 Å². The van der Waals surface area contributed by atoms with Crippen molar-refractivity contribution in [2.45, 2.75) is 38.0 Å². The number of aryl methyl sites for hydroxylation is 1. The minimum absolute atomic E-state index is 0.0271. The SMILES string of the molecule is COC(=O)C1CC(O)CN1CC1Cc2cc(C)ccc2O1. The molecule has 1 saturated heterocycles. The molecule has 3 unspecified atom stereocenters. The van der Waals surface area contributed by atoms with Crippen molar-refractivity contribution in [1.29, 1.82) is 0 Å². The number of carbonyl (C=O) groups excluding carboxylic acids is 1. The number of hydrogen-bond donors (Lipinski definition) is 1. The molecule has 3 atom stereocenters. The molecule has 0 aliphatic carbocycles. The van der Waals surface area contributed by atoms with Crippen molar-refractivity contribution in [2.75, 3.05) is 20.2 Å². The van der Waals surface area contributed by atoms with Gasteiger partial charge >= 0.3 is 5.97 Å². The molecule has 1 N–H and O–H groups in total. The summed E-state index contributed by atoms with van der Waals surface area (Å²) in [7, 11) is 1.38. The van der Waals surface area contributed by atoms with E-state index >= 15 is 0 Å². The van der Waals surface area contributed by atoms with Gasteiger partial charge in [-0.15, -0.1) is 0 Å². The molecule has 5 nitrogen and oxygen atoms in total. The smallest absolute Gasteiger partial charge is 0.323 e. The fourth-order valence-corrected chi connectivity index (χ4v) is 3.27. The van der Waals surface area contributed by atoms with Crippen molar-refractivity contribution in [1.82, 2.24) is 4.90 Å². The van der Waals surface area contributed by atoms with E-state index in [9.17, 15) is 9.90 Å². The number of benzene rings is 1. The lowest BCUT2D eigenvalue weighted by molar-refractivity contribution is -0.146. The summed E-state index contributed by atoms with van der Waals surface area (Å²) >= 11 is 0. The lowest BCUT2D eigenvalue weighted by atomic mass is 10.1. The lowest BCUT2D eigenvalue weighted by Gasteiger charge is -2.24. The highest BCUT2D eigenvalue weighted by Crippen LogP contribution is 2.31. The molecule has 2 aliphatic heterocycles. The molecular formula is C16H21NO4. The van der Waals surface area contributed by atoms with Crippen LogP contribution in [0.25, 0.3) is 0 Å². The van der Waals surface area contributed by atoms with E-state index in [1.165, 1.54) is 18.2 Å². The number of esters is 1. The van der Waals surface area contributed by atoms with Crippen LogP contribution >= 0.6 is 0 Å². The molecule has 0 spiro atoms. The van der Waals surface area contributed by atoms with Crippen LogP contribution in [-0.4, -0.2) is 54.4 Å². The summed E-state index contributed by atoms with van der Waals surface area (Å²) < 4.78 is 10.8. The van der Waals surface area contributed by atoms with Crippen molar-refractivity contribution in [3.63, 3.8) is 0 Å². The quantitative estimate of drug-likeness (QED) is 0.839. The maximum atomic E-state index is 11.8. The number of likely N-dealkylation sites (tertiary alicyclic amines) is 1. The van der Waals surface area contributed by atoms with E-state index in [4.69, 9.17) is 9.47 Å². The average Bonchev–Trinajstić information content (AvgIpc) is 3.00. The van der Waals surface area contributed by atoms with Gasteiger partial charge in [-0.05, 0) is 18.6 Å². The van der Waals surface area contributed by atoms with Crippen LogP contribution in [0.3, 0.4) is 0 Å². The highest BCUT2D eigenvalue weighted by molar-refractivity contribution is 5.76. The lowest BCUT2D eigenvalue weighted by Crippen LogP contribution is -2.42. The molecule has 1 fully saturated rings. The Balaban J connectivity index is 1.66. The van der Waals surface area contributed by atoms with Gasteiger partial charge in [0, 0.05) is 25.9 Å². The maximum Gasteiger partial charge on any atom is 0.323 e. The van der Waals surface area contributed by atoms with E-state index in [0.717, 1.165) is 12.2 Å². The molecule has 0 bridgehead atoms. The zero-order valence-electron chi connectivity index (χ0n) is 12.4. The zero-order valence-corrected chi connectivity index (χ0v) is 12.4. The summed E-state index contributed by atoms with van der Waals surface area (Å²) in [5, 5.41) is 9.81. The largest absolute Gasteiger partial charge is 0.488 e. The minimum atomic E-state index is -0.472. The first kappa shape index (κ1) is 14.4. The van der Waals surface area contributed by atoms with Crippen LogP contribution in [0, 0.1) is 6.92 Å². The second-order valence-electron chi connectivity index (χ2n) is 5.94. The summed E-state index contributed by atoms with van der Waals surface area (Å²) in [6.07, 6.45) is 0.836. The van der Waals surface area contributed by atoms with Gasteiger partial charge in [-0.3, -0.25) is 9.69 Å². The Labute approximate surface area is 124 Å². The molecule has 0 saturated carbocycles. The molecule has 0 radical (unpaired) electrons. The van der Waals surface area contributed by atoms with E-state index in [2.05, 4.69) is 13.0 Å². The molecule has 5 heteroatoms. The Morgan fingerprint density at radius 2 is 2.33 bits per heavy atom. The van der Waals surface area contributed by atoms with E-state index in [1.807, 2.05) is 17.0 Å². The van der Waals surface area contributed by atoms with Crippen LogP contribution in [0.15, 0.2) is 18.2 Å². The standard InChI is InChI=1S/C16H21NO4/c1-10-3-4-15-11(5-10)6-13(21-15)9-17-8-12(18)7-14(17)16(19)20-2/h3-5,12-14,18H,6-9H2,1-2H3. The molecule has 2 aliphatic rings. The second-order valence-corrected chi connectivity index (χ2v) is 5.94. The Hall–Kier alpha value is -1.59. The summed E-state index contributed by atoms with van der Waals surface area (Å²) in [6, 6.07) is 5.82. The van der Waals surface area contributed by atoms with Crippen molar-refractivity contribution < 1.29 is 19.4 Å². The van der Waals surface area contributed by atoms with Gasteiger partial charge in [0.2, 0.25) is 0 Å². The van der Waals surface area contributed by atoms with Crippen LogP contribution in [-0.2, 0) is 16.0 Å². The highest BCUT2D eigenvalue weighted by Gasteiger charge is 2.39. The van der Waals surface area contributed by atoms with Crippen LogP contribution < -0.4 is 4.74 Å². The molecule has 0 aromatic heterocycles. The number of nitrogens with zero attached hydrogens (tertiary/aromatic N) is 1. The van der Waals surface area contributed by atoms with Gasteiger partial charge in [0.15, 0.2) is 0 Å². The van der Waals surface area contributed by atoms with Crippen molar-refractivity contribution in [3.8, 4) is 5.75 Å². The first-order chi connectivity index (χ1) is 10.1. The normalized spacial score (nSPS) is 28.2. The van der Waals surface area contributed by atoms with E-state index < -0.39 is 6.10 Å². The molecule has 2 heterocycles. The third kappa shape index (κ3) is 2.89. The summed E-state index contributed by atoms with van der Waals surface area (Å²) in [5.41, 5.74) is 2.44. The molecule has 0 amide bonds. The van der Waals surface area contributed by atoms with Crippen molar-refractivity contribution in [2.24, 2.45) is 0 Å². The fourth-order valence-electron chi connectivity index (χ4n) is 3.27. The summed E-state index contributed by atoms with van der Waals surface area (Å²) in [6.45, 7) is 3.19. The summed E-state index contributed by atoms with van der Waals surface area (Å²) in [5.74, 6) is 0.651. The number of β-amino-alcohol motifs (C(OH)–C–C–N with tert-alkyl or cyclic N) is 1. The van der Waals surface area contributed by atoms with Crippen LogP contribution in [0.1, 0.15) is 17.5 Å². The molecule has 114 valence electrons. The Kier molecular flexibility index (Phi) is 3.87. The Bertz CT molecular complexity index is 545. The minimum Gasteiger partial charge on any atom is -0.488 e. The number of carbonyl (C=O) groups is 1. The highest BCUT2D eigenvalue weighted by atomic mass is 16.5. The predicted octanol–water partition coefficient (Wildman–Crippen LogP) is 0.907. The number of hydrogen-bond acceptors (Lipinski definition) is 5. The van der Waals surface area contributed by atoms with Gasteiger partial charge in [-0.1, -0.05) is 17.7 Å². The molecular weight excluding hydrogens is 270 g/mol. The molecule has 3 rings (SSSR count). The molecule has 1 aromatic carbocycles. The fraction of sp³-hybridized carbons (Fsp3) is 0.562. The van der Waals surface area contributed by atoms with Gasteiger partial charge in [-0.25, -0.2) is 0 Å². The van der Waals surface area contributed by atoms with Gasteiger partial charge in [0.05, 0.1) is 13.2 Å². The van der Waals surface area contributed by atoms with Crippen molar-refractivity contribution >= 4 is 5.97 Å². The number of aliphatic hydroxyl groups is 1. The Morgan fingerprint density at radius 3 is 3.10 bits per heavy atom. The van der Waals surface area contributed by atoms with Crippen LogP contribution in [0.4, 0.5) is 0 Å². The topological polar surface area (TPSA) is 59.0 Å². The first-order valence-electron chi connectivity index (χ1n) is 7.33. The third-order valence-corrected chi connectivity index (χ3v) is 4.25. The average molecular weight is 291 g/mol. The van der Waals surface area contributed by atoms with Crippen LogP contribution in [0.5, 0.6) is 5.75 Å². The number of methoxy groups -OCH3 is 1. The first-order valence-corrected chi connectivity index (χ1v) is 7.33. The van der Waals surface area contributed by atoms with Gasteiger partial charge in [0.1, 0.15) is 17.9 Å². The second kappa shape index (κ2) is 5.66. The number of fused-ring (bicyclic) bond motifs is 1. The summed E-state index contributed by atoms with van der Waals surface area (Å²) in [4.78, 5) is 13.8. The molecule has 1 aromatic rings.